The van der Waals surface area contributed by atoms with Gasteiger partial charge in [0.25, 0.3) is 0 Å². The molecule has 3 saturated carbocycles. The number of carbonyl (C=O) groups is 2. The highest BCUT2D eigenvalue weighted by molar-refractivity contribution is 6.74. The lowest BCUT2D eigenvalue weighted by atomic mass is 9.49. The number of amides is 1. The van der Waals surface area contributed by atoms with Crippen LogP contribution in [0.5, 0.6) is 0 Å². The van der Waals surface area contributed by atoms with Crippen LogP contribution in [0.25, 0.3) is 0 Å². The lowest BCUT2D eigenvalue weighted by molar-refractivity contribution is -0.174. The maximum Gasteiger partial charge on any atom is 0.471 e. The van der Waals surface area contributed by atoms with Crippen molar-refractivity contribution in [1.82, 2.24) is 5.32 Å². The molecular formula is C27H46F3NO3Si. The Hall–Kier alpha value is -0.893. The van der Waals surface area contributed by atoms with Crippen LogP contribution in [0.2, 0.25) is 18.1 Å². The minimum atomic E-state index is -4.87. The summed E-state index contributed by atoms with van der Waals surface area (Å²) in [6.07, 6.45) is 2.05. The van der Waals surface area contributed by atoms with Gasteiger partial charge >= 0.3 is 12.1 Å². The molecule has 3 aliphatic rings. The molecular weight excluding hydrogens is 471 g/mol. The summed E-state index contributed by atoms with van der Waals surface area (Å²) in [6.45, 7) is 16.2. The number of hydrogen-bond acceptors (Lipinski definition) is 3. The summed E-state index contributed by atoms with van der Waals surface area (Å²) >= 11 is 0. The van der Waals surface area contributed by atoms with Crippen LogP contribution < -0.4 is 5.32 Å². The molecule has 3 rings (SSSR count). The molecule has 0 unspecified atom stereocenters. The number of Topliss-reactive ketones (excluding diaryl/α,β-unsaturated/α-hetero) is 1. The van der Waals surface area contributed by atoms with E-state index in [1.165, 1.54) is 0 Å². The summed E-state index contributed by atoms with van der Waals surface area (Å²) in [6, 6.07) is 0. The highest BCUT2D eigenvalue weighted by Gasteiger charge is 2.56. The third-order valence-electron chi connectivity index (χ3n) is 10.6. The Morgan fingerprint density at radius 1 is 1.09 bits per heavy atom. The fourth-order valence-electron chi connectivity index (χ4n) is 7.18. The van der Waals surface area contributed by atoms with Crippen molar-refractivity contribution in [2.45, 2.75) is 110 Å². The van der Waals surface area contributed by atoms with E-state index in [0.29, 0.717) is 25.4 Å². The van der Waals surface area contributed by atoms with Crippen molar-refractivity contribution in [3.63, 3.8) is 0 Å². The zero-order chi connectivity index (χ0) is 26.4. The molecule has 0 aliphatic heterocycles. The Labute approximate surface area is 210 Å². The fraction of sp³-hybridized carbons (Fsp3) is 0.926. The van der Waals surface area contributed by atoms with E-state index in [0.717, 1.165) is 38.5 Å². The van der Waals surface area contributed by atoms with E-state index >= 15 is 0 Å². The van der Waals surface area contributed by atoms with Crippen LogP contribution >= 0.6 is 0 Å². The van der Waals surface area contributed by atoms with Crippen LogP contribution in [0, 0.1) is 34.5 Å². The van der Waals surface area contributed by atoms with Crippen molar-refractivity contribution >= 4 is 20.0 Å². The van der Waals surface area contributed by atoms with E-state index in [1.54, 1.807) is 0 Å². The first-order valence-corrected chi connectivity index (χ1v) is 16.3. The first kappa shape index (κ1) is 28.7. The molecule has 0 aromatic rings. The number of halogens is 3. The topological polar surface area (TPSA) is 55.4 Å². The van der Waals surface area contributed by atoms with E-state index in [1.807, 2.05) is 0 Å². The van der Waals surface area contributed by atoms with Gasteiger partial charge in [-0.3, -0.25) is 9.59 Å². The molecule has 8 heteroatoms. The number of alkyl halides is 3. The van der Waals surface area contributed by atoms with Gasteiger partial charge < -0.3 is 9.74 Å². The summed E-state index contributed by atoms with van der Waals surface area (Å²) < 4.78 is 45.7. The third kappa shape index (κ3) is 5.83. The Morgan fingerprint density at radius 2 is 1.74 bits per heavy atom. The van der Waals surface area contributed by atoms with Crippen LogP contribution in [-0.2, 0) is 14.0 Å². The number of rotatable bonds is 6. The number of ketones is 1. The second-order valence-corrected chi connectivity index (χ2v) is 18.5. The highest BCUT2D eigenvalue weighted by Crippen LogP contribution is 2.62. The minimum Gasteiger partial charge on any atom is -0.417 e. The van der Waals surface area contributed by atoms with Gasteiger partial charge in [-0.25, -0.2) is 0 Å². The Kier molecular flexibility index (Phi) is 8.00. The summed E-state index contributed by atoms with van der Waals surface area (Å²) in [5.74, 6) is -1.09. The second-order valence-electron chi connectivity index (χ2n) is 13.7. The molecule has 4 nitrogen and oxygen atoms in total. The first-order valence-electron chi connectivity index (χ1n) is 13.4. The van der Waals surface area contributed by atoms with Gasteiger partial charge in [0.1, 0.15) is 5.78 Å². The molecule has 6 atom stereocenters. The predicted octanol–water partition coefficient (Wildman–Crippen LogP) is 6.89. The van der Waals surface area contributed by atoms with E-state index in [2.05, 4.69) is 53.0 Å². The van der Waals surface area contributed by atoms with E-state index in [9.17, 15) is 22.8 Å². The molecule has 3 fully saturated rings. The van der Waals surface area contributed by atoms with Gasteiger partial charge in [0.15, 0.2) is 8.32 Å². The molecule has 1 amide bonds. The van der Waals surface area contributed by atoms with E-state index < -0.39 is 20.4 Å². The van der Waals surface area contributed by atoms with Crippen LogP contribution in [0.1, 0.15) is 86.0 Å². The molecule has 3 aliphatic carbocycles. The molecule has 0 aromatic heterocycles. The zero-order valence-electron chi connectivity index (χ0n) is 22.7. The van der Waals surface area contributed by atoms with E-state index in [-0.39, 0.29) is 45.9 Å². The number of nitrogens with one attached hydrogen (secondary N) is 1. The molecule has 202 valence electrons. The first-order chi connectivity index (χ1) is 15.9. The third-order valence-corrected chi connectivity index (χ3v) is 15.1. The Balaban J connectivity index is 1.88. The maximum absolute atomic E-state index is 13.0. The van der Waals surface area contributed by atoms with Crippen molar-refractivity contribution in [2.24, 2.45) is 34.5 Å². The molecule has 0 spiro atoms. The van der Waals surface area contributed by atoms with E-state index in [4.69, 9.17) is 4.43 Å². The van der Waals surface area contributed by atoms with Crippen LogP contribution in [0.4, 0.5) is 13.2 Å². The Morgan fingerprint density at radius 3 is 2.34 bits per heavy atom. The average molecular weight is 518 g/mol. The number of hydrogen-bond donors (Lipinski definition) is 1. The molecule has 1 N–H and O–H groups in total. The van der Waals surface area contributed by atoms with Gasteiger partial charge in [-0.15, -0.1) is 0 Å². The SMILES string of the molecule is CC(C)(C)[Si](C)(C)OC[C@H]1CC(=O)CC[C@]1(C)[C@H]1CC[C@]2(C)CCC[C@H]2[C@@H]1CNC(=O)C(F)(F)F. The van der Waals surface area contributed by atoms with Gasteiger partial charge in [0.2, 0.25) is 0 Å². The number of carbonyl (C=O) groups excluding carboxylic acids is 2. The number of fused-ring (bicyclic) bond motifs is 1. The van der Waals surface area contributed by atoms with Gasteiger partial charge in [0, 0.05) is 26.0 Å². The summed E-state index contributed by atoms with van der Waals surface area (Å²) in [4.78, 5) is 24.3. The largest absolute Gasteiger partial charge is 0.471 e. The van der Waals surface area contributed by atoms with Gasteiger partial charge in [0.05, 0.1) is 0 Å². The normalized spacial score (nSPS) is 36.7. The smallest absolute Gasteiger partial charge is 0.417 e. The van der Waals surface area contributed by atoms with Gasteiger partial charge in [-0.2, -0.15) is 13.2 Å². The van der Waals surface area contributed by atoms with Crippen LogP contribution in [0.15, 0.2) is 0 Å². The lowest BCUT2D eigenvalue weighted by Crippen LogP contribution is -2.54. The van der Waals surface area contributed by atoms with Crippen molar-refractivity contribution in [3.05, 3.63) is 0 Å². The fourth-order valence-corrected chi connectivity index (χ4v) is 8.23. The predicted molar refractivity (Wildman–Crippen MR) is 134 cm³/mol. The van der Waals surface area contributed by atoms with Crippen LogP contribution in [0.3, 0.4) is 0 Å². The summed E-state index contributed by atoms with van der Waals surface area (Å²) in [5, 5.41) is 2.31. The highest BCUT2D eigenvalue weighted by atomic mass is 28.4. The molecule has 0 bridgehead atoms. The molecule has 35 heavy (non-hydrogen) atoms. The molecule has 0 aromatic carbocycles. The second kappa shape index (κ2) is 9.77. The standard InChI is InChI=1S/C27H46F3NO3Si/c1-24(2,3)35(6,7)34-17-18-15-19(32)10-14-26(18,5)22-11-13-25(4)12-8-9-21(25)20(22)16-31-23(33)27(28,29)30/h18,20-22H,8-17H2,1-7H3,(H,31,33)/t18-,20+,21+,22+,25+,26+/m1/s1. The maximum atomic E-state index is 13.0. The quantitative estimate of drug-likeness (QED) is 0.390. The van der Waals surface area contributed by atoms with Crippen LogP contribution in [-0.4, -0.2) is 39.3 Å². The zero-order valence-corrected chi connectivity index (χ0v) is 23.7. The monoisotopic (exact) mass is 517 g/mol. The average Bonchev–Trinajstić information content (AvgIpc) is 3.12. The van der Waals surface area contributed by atoms with Crippen molar-refractivity contribution < 1.29 is 27.2 Å². The van der Waals surface area contributed by atoms with Crippen molar-refractivity contribution in [1.29, 1.82) is 0 Å². The summed E-state index contributed by atoms with van der Waals surface area (Å²) in [7, 11) is -2.02. The molecule has 0 radical (unpaired) electrons. The Bertz CT molecular complexity index is 808. The summed E-state index contributed by atoms with van der Waals surface area (Å²) in [5.41, 5.74) is -0.0775. The van der Waals surface area contributed by atoms with Crippen molar-refractivity contribution in [3.8, 4) is 0 Å². The molecule has 0 saturated heterocycles. The van der Waals surface area contributed by atoms with Gasteiger partial charge in [-0.05, 0) is 84.7 Å². The minimum absolute atomic E-state index is 0.0175. The van der Waals surface area contributed by atoms with Crippen molar-refractivity contribution in [2.75, 3.05) is 13.2 Å². The molecule has 0 heterocycles. The lowest BCUT2D eigenvalue weighted by Gasteiger charge is -2.56. The van der Waals surface area contributed by atoms with Gasteiger partial charge in [-0.1, -0.05) is 41.0 Å².